The first-order valence-electron chi connectivity index (χ1n) is 6.76. The lowest BCUT2D eigenvalue weighted by Crippen LogP contribution is -2.31. The zero-order chi connectivity index (χ0) is 13.4. The van der Waals surface area contributed by atoms with Crippen molar-refractivity contribution in [3.63, 3.8) is 0 Å². The number of ether oxygens (including phenoxy) is 1. The Balaban J connectivity index is 2.56. The summed E-state index contributed by atoms with van der Waals surface area (Å²) in [6.45, 7) is 4.99. The minimum absolute atomic E-state index is 0.433. The Morgan fingerprint density at radius 2 is 1.94 bits per heavy atom. The van der Waals surface area contributed by atoms with Gasteiger partial charge in [-0.05, 0) is 18.4 Å². The average molecular weight is 250 g/mol. The number of rotatable bonds is 8. The molecule has 1 atom stereocenters. The van der Waals surface area contributed by atoms with Crippen molar-refractivity contribution in [2.24, 2.45) is 5.92 Å². The Labute approximate surface area is 110 Å². The van der Waals surface area contributed by atoms with E-state index in [-0.39, 0.29) is 0 Å². The molecular formula is C14H23BO3. The molecule has 0 saturated carbocycles. The Bertz CT molecular complexity index is 342. The molecule has 100 valence electrons. The van der Waals surface area contributed by atoms with Crippen molar-refractivity contribution in [1.29, 1.82) is 0 Å². The van der Waals surface area contributed by atoms with Crippen LogP contribution in [0.25, 0.3) is 0 Å². The number of unbranched alkanes of at least 4 members (excludes halogenated alkanes) is 1. The molecule has 0 radical (unpaired) electrons. The van der Waals surface area contributed by atoms with Crippen LogP contribution in [0.3, 0.4) is 0 Å². The van der Waals surface area contributed by atoms with Gasteiger partial charge < -0.3 is 14.8 Å². The van der Waals surface area contributed by atoms with Crippen LogP contribution in [0.4, 0.5) is 0 Å². The van der Waals surface area contributed by atoms with Crippen molar-refractivity contribution in [2.45, 2.75) is 39.5 Å². The van der Waals surface area contributed by atoms with Gasteiger partial charge in [-0.3, -0.25) is 0 Å². The van der Waals surface area contributed by atoms with Gasteiger partial charge in [0.1, 0.15) is 5.75 Å². The van der Waals surface area contributed by atoms with Crippen molar-refractivity contribution in [3.05, 3.63) is 24.3 Å². The highest BCUT2D eigenvalue weighted by Crippen LogP contribution is 2.15. The van der Waals surface area contributed by atoms with Crippen molar-refractivity contribution < 1.29 is 14.8 Å². The molecule has 1 rings (SSSR count). The molecule has 3 nitrogen and oxygen atoms in total. The highest BCUT2D eigenvalue weighted by molar-refractivity contribution is 6.59. The van der Waals surface area contributed by atoms with Gasteiger partial charge in [-0.25, -0.2) is 0 Å². The predicted octanol–water partition coefficient (Wildman–Crippen LogP) is 1.96. The lowest BCUT2D eigenvalue weighted by molar-refractivity contribution is 0.234. The van der Waals surface area contributed by atoms with Crippen LogP contribution in [0.15, 0.2) is 24.3 Å². The summed E-state index contributed by atoms with van der Waals surface area (Å²) in [6, 6.07) is 7.07. The summed E-state index contributed by atoms with van der Waals surface area (Å²) in [5, 5.41) is 18.5. The summed E-state index contributed by atoms with van der Waals surface area (Å²) < 4.78 is 5.73. The second-order valence-electron chi connectivity index (χ2n) is 4.64. The molecule has 0 spiro atoms. The van der Waals surface area contributed by atoms with E-state index in [4.69, 9.17) is 4.74 Å². The summed E-state index contributed by atoms with van der Waals surface area (Å²) in [5.41, 5.74) is 0.433. The molecule has 1 aromatic carbocycles. The topological polar surface area (TPSA) is 49.7 Å². The lowest BCUT2D eigenvalue weighted by Gasteiger charge is -2.17. The van der Waals surface area contributed by atoms with Gasteiger partial charge in [0.25, 0.3) is 0 Å². The van der Waals surface area contributed by atoms with E-state index in [1.54, 1.807) is 18.2 Å². The fourth-order valence-corrected chi connectivity index (χ4v) is 1.93. The molecule has 4 heteroatoms. The first-order chi connectivity index (χ1) is 8.69. The third-order valence-corrected chi connectivity index (χ3v) is 3.21. The maximum Gasteiger partial charge on any atom is 0.492 e. The molecule has 18 heavy (non-hydrogen) atoms. The minimum Gasteiger partial charge on any atom is -0.494 e. The van der Waals surface area contributed by atoms with E-state index in [0.29, 0.717) is 23.7 Å². The maximum absolute atomic E-state index is 9.24. The Morgan fingerprint density at radius 1 is 1.22 bits per heavy atom. The molecule has 0 aliphatic heterocycles. The van der Waals surface area contributed by atoms with Crippen LogP contribution in [-0.2, 0) is 0 Å². The summed E-state index contributed by atoms with van der Waals surface area (Å²) >= 11 is 0. The van der Waals surface area contributed by atoms with E-state index in [9.17, 15) is 10.0 Å². The van der Waals surface area contributed by atoms with Gasteiger partial charge in [-0.1, -0.05) is 51.3 Å². The van der Waals surface area contributed by atoms with E-state index >= 15 is 0 Å². The normalized spacial score (nSPS) is 12.2. The Morgan fingerprint density at radius 3 is 2.56 bits per heavy atom. The van der Waals surface area contributed by atoms with Crippen LogP contribution >= 0.6 is 0 Å². The second-order valence-corrected chi connectivity index (χ2v) is 4.64. The van der Waals surface area contributed by atoms with E-state index in [1.165, 1.54) is 12.8 Å². The Kier molecular flexibility index (Phi) is 6.84. The summed E-state index contributed by atoms with van der Waals surface area (Å²) in [7, 11) is -1.48. The molecule has 0 aliphatic rings. The van der Waals surface area contributed by atoms with Gasteiger partial charge >= 0.3 is 7.12 Å². The van der Waals surface area contributed by atoms with Crippen molar-refractivity contribution in [1.82, 2.24) is 0 Å². The van der Waals surface area contributed by atoms with Crippen molar-refractivity contribution in [3.8, 4) is 5.75 Å². The van der Waals surface area contributed by atoms with Crippen LogP contribution in [0.1, 0.15) is 39.5 Å². The molecule has 1 aromatic rings. The van der Waals surface area contributed by atoms with Crippen LogP contribution in [0, 0.1) is 5.92 Å². The van der Waals surface area contributed by atoms with E-state index < -0.39 is 7.12 Å². The number of para-hydroxylation sites is 1. The van der Waals surface area contributed by atoms with Crippen LogP contribution in [-0.4, -0.2) is 23.8 Å². The number of hydrogen-bond acceptors (Lipinski definition) is 3. The zero-order valence-corrected chi connectivity index (χ0v) is 11.3. The van der Waals surface area contributed by atoms with Gasteiger partial charge in [0, 0.05) is 5.46 Å². The predicted molar refractivity (Wildman–Crippen MR) is 75.1 cm³/mol. The van der Waals surface area contributed by atoms with Crippen LogP contribution < -0.4 is 10.2 Å². The number of hydrogen-bond donors (Lipinski definition) is 2. The molecule has 0 heterocycles. The first kappa shape index (κ1) is 15.1. The van der Waals surface area contributed by atoms with Gasteiger partial charge in [-0.15, -0.1) is 0 Å². The highest BCUT2D eigenvalue weighted by Gasteiger charge is 2.17. The second kappa shape index (κ2) is 8.17. The monoisotopic (exact) mass is 250 g/mol. The average Bonchev–Trinajstić information content (AvgIpc) is 2.39. The molecule has 0 aliphatic carbocycles. The summed E-state index contributed by atoms with van der Waals surface area (Å²) in [5.74, 6) is 1.11. The largest absolute Gasteiger partial charge is 0.494 e. The zero-order valence-electron chi connectivity index (χ0n) is 11.3. The van der Waals surface area contributed by atoms with Gasteiger partial charge in [0.2, 0.25) is 0 Å². The summed E-state index contributed by atoms with van der Waals surface area (Å²) in [4.78, 5) is 0. The van der Waals surface area contributed by atoms with E-state index in [0.717, 1.165) is 12.8 Å². The third-order valence-electron chi connectivity index (χ3n) is 3.21. The molecule has 0 fully saturated rings. The molecule has 1 unspecified atom stereocenters. The molecular weight excluding hydrogens is 227 g/mol. The van der Waals surface area contributed by atoms with E-state index in [1.807, 2.05) is 6.07 Å². The highest BCUT2D eigenvalue weighted by atomic mass is 16.5. The third kappa shape index (κ3) is 4.71. The fraction of sp³-hybridized carbons (Fsp3) is 0.571. The van der Waals surface area contributed by atoms with Crippen LogP contribution in [0.2, 0.25) is 0 Å². The standard InChI is InChI=1S/C14H23BO3/c1-3-5-8-12(4-2)11-18-14-10-7-6-9-13(14)15(16)17/h6-7,9-10,12,16-17H,3-5,8,11H2,1-2H3. The van der Waals surface area contributed by atoms with E-state index in [2.05, 4.69) is 13.8 Å². The minimum atomic E-state index is -1.48. The lowest BCUT2D eigenvalue weighted by atomic mass is 9.79. The van der Waals surface area contributed by atoms with Gasteiger partial charge in [0.05, 0.1) is 6.61 Å². The Hall–Kier alpha value is -0.995. The molecule has 0 amide bonds. The molecule has 2 N–H and O–H groups in total. The molecule has 0 bridgehead atoms. The van der Waals surface area contributed by atoms with Crippen molar-refractivity contribution >= 4 is 12.6 Å². The first-order valence-corrected chi connectivity index (χ1v) is 6.76. The van der Waals surface area contributed by atoms with Gasteiger partial charge in [0.15, 0.2) is 0 Å². The SMILES string of the molecule is CCCCC(CC)COc1ccccc1B(O)O. The van der Waals surface area contributed by atoms with Crippen LogP contribution in [0.5, 0.6) is 5.75 Å². The van der Waals surface area contributed by atoms with Crippen molar-refractivity contribution in [2.75, 3.05) is 6.61 Å². The van der Waals surface area contributed by atoms with Gasteiger partial charge in [-0.2, -0.15) is 0 Å². The smallest absolute Gasteiger partial charge is 0.492 e. The quantitative estimate of drug-likeness (QED) is 0.693. The summed E-state index contributed by atoms with van der Waals surface area (Å²) in [6.07, 6.45) is 4.66. The molecule has 0 saturated heterocycles. The number of benzene rings is 1. The maximum atomic E-state index is 9.24. The fourth-order valence-electron chi connectivity index (χ4n) is 1.93. The molecule has 0 aromatic heterocycles.